The van der Waals surface area contributed by atoms with Crippen molar-refractivity contribution in [3.05, 3.63) is 23.8 Å². The van der Waals surface area contributed by atoms with E-state index in [9.17, 15) is 4.79 Å². The Bertz CT molecular complexity index is 462. The Labute approximate surface area is 115 Å². The maximum atomic E-state index is 12.0. The fraction of sp³-hybridized carbons (Fsp3) is 0.562. The Morgan fingerprint density at radius 3 is 2.05 bits per heavy atom. The van der Waals surface area contributed by atoms with Gasteiger partial charge in [-0.2, -0.15) is 0 Å². The van der Waals surface area contributed by atoms with Crippen molar-refractivity contribution in [2.75, 3.05) is 7.11 Å². The summed E-state index contributed by atoms with van der Waals surface area (Å²) in [5.74, 6) is 1.14. The van der Waals surface area contributed by atoms with Crippen LogP contribution in [0.2, 0.25) is 0 Å². The molecule has 0 radical (unpaired) electrons. The molecule has 1 rings (SSSR count). The molecular weight excluding hydrogens is 240 g/mol. The van der Waals surface area contributed by atoms with E-state index in [2.05, 4.69) is 20.8 Å². The summed E-state index contributed by atoms with van der Waals surface area (Å²) < 4.78 is 10.8. The van der Waals surface area contributed by atoms with E-state index in [4.69, 9.17) is 9.47 Å². The van der Waals surface area contributed by atoms with Crippen LogP contribution < -0.4 is 9.47 Å². The monoisotopic (exact) mass is 264 g/mol. The maximum Gasteiger partial charge on any atom is 0.316 e. The van der Waals surface area contributed by atoms with Crippen molar-refractivity contribution in [3.63, 3.8) is 0 Å². The Kier molecular flexibility index (Phi) is 4.28. The van der Waals surface area contributed by atoms with Gasteiger partial charge in [-0.05, 0) is 44.4 Å². The molecule has 0 aliphatic rings. The first-order valence-corrected chi connectivity index (χ1v) is 6.46. The van der Waals surface area contributed by atoms with E-state index in [0.29, 0.717) is 5.75 Å². The van der Waals surface area contributed by atoms with E-state index in [1.54, 1.807) is 19.2 Å². The van der Waals surface area contributed by atoms with Gasteiger partial charge in [0.15, 0.2) is 0 Å². The van der Waals surface area contributed by atoms with Crippen LogP contribution in [0.4, 0.5) is 0 Å². The smallest absolute Gasteiger partial charge is 0.316 e. The first-order chi connectivity index (χ1) is 8.55. The average molecular weight is 264 g/mol. The molecule has 0 atom stereocenters. The number of rotatable bonds is 2. The number of hydrogen-bond acceptors (Lipinski definition) is 3. The van der Waals surface area contributed by atoms with Gasteiger partial charge in [0.05, 0.1) is 12.5 Å². The molecule has 0 saturated carbocycles. The second kappa shape index (κ2) is 5.24. The summed E-state index contributed by atoms with van der Waals surface area (Å²) in [5, 5.41) is 0. The van der Waals surface area contributed by atoms with Crippen molar-refractivity contribution in [2.45, 2.75) is 47.0 Å². The molecule has 0 amide bonds. The highest BCUT2D eigenvalue weighted by atomic mass is 16.5. The molecule has 0 spiro atoms. The molecule has 3 nitrogen and oxygen atoms in total. The summed E-state index contributed by atoms with van der Waals surface area (Å²) in [5.41, 5.74) is 0.321. The molecule has 19 heavy (non-hydrogen) atoms. The number of esters is 1. The van der Waals surface area contributed by atoms with Gasteiger partial charge in [-0.15, -0.1) is 0 Å². The summed E-state index contributed by atoms with van der Waals surface area (Å²) in [6.45, 7) is 11.8. The SMILES string of the molecule is COc1ccc(OC(=O)C(C)(C)C)c(C(C)(C)C)c1. The van der Waals surface area contributed by atoms with Crippen LogP contribution in [0, 0.1) is 5.41 Å². The third-order valence-corrected chi connectivity index (χ3v) is 2.81. The summed E-state index contributed by atoms with van der Waals surface area (Å²) in [6, 6.07) is 5.52. The molecule has 3 heteroatoms. The number of benzene rings is 1. The molecule has 106 valence electrons. The van der Waals surface area contributed by atoms with Crippen LogP contribution in [0.1, 0.15) is 47.1 Å². The van der Waals surface area contributed by atoms with Crippen LogP contribution in [-0.4, -0.2) is 13.1 Å². The van der Waals surface area contributed by atoms with Crippen LogP contribution in [0.15, 0.2) is 18.2 Å². The van der Waals surface area contributed by atoms with Crippen LogP contribution in [0.3, 0.4) is 0 Å². The Morgan fingerprint density at radius 1 is 1.05 bits per heavy atom. The molecule has 0 N–H and O–H groups in total. The Morgan fingerprint density at radius 2 is 1.63 bits per heavy atom. The zero-order valence-corrected chi connectivity index (χ0v) is 13.0. The second-order valence-electron chi connectivity index (χ2n) is 6.75. The van der Waals surface area contributed by atoms with Crippen LogP contribution in [0.5, 0.6) is 11.5 Å². The summed E-state index contributed by atoms with van der Waals surface area (Å²) in [6.07, 6.45) is 0. The molecule has 0 aliphatic heterocycles. The van der Waals surface area contributed by atoms with Gasteiger partial charge >= 0.3 is 5.97 Å². The summed E-state index contributed by atoms with van der Waals surface area (Å²) >= 11 is 0. The standard InChI is InChI=1S/C16H24O3/c1-15(2,3)12-10-11(18-7)8-9-13(12)19-14(17)16(4,5)6/h8-10H,1-7H3. The minimum absolute atomic E-state index is 0.123. The molecule has 0 heterocycles. The highest BCUT2D eigenvalue weighted by Gasteiger charge is 2.27. The lowest BCUT2D eigenvalue weighted by Crippen LogP contribution is -2.27. The van der Waals surface area contributed by atoms with Crippen molar-refractivity contribution in [1.29, 1.82) is 0 Å². The second-order valence-corrected chi connectivity index (χ2v) is 6.75. The minimum Gasteiger partial charge on any atom is -0.497 e. The topological polar surface area (TPSA) is 35.5 Å². The predicted molar refractivity (Wildman–Crippen MR) is 76.8 cm³/mol. The summed E-state index contributed by atoms with van der Waals surface area (Å²) in [7, 11) is 1.63. The van der Waals surface area contributed by atoms with Gasteiger partial charge in [-0.3, -0.25) is 4.79 Å². The van der Waals surface area contributed by atoms with Gasteiger partial charge < -0.3 is 9.47 Å². The lowest BCUT2D eigenvalue weighted by molar-refractivity contribution is -0.143. The predicted octanol–water partition coefficient (Wildman–Crippen LogP) is 3.94. The van der Waals surface area contributed by atoms with Gasteiger partial charge in [0.2, 0.25) is 0 Å². The lowest BCUT2D eigenvalue weighted by atomic mass is 9.86. The molecule has 0 bridgehead atoms. The third kappa shape index (κ3) is 3.98. The van der Waals surface area contributed by atoms with Gasteiger partial charge in [0.1, 0.15) is 11.5 Å². The van der Waals surface area contributed by atoms with Crippen molar-refractivity contribution in [3.8, 4) is 11.5 Å². The average Bonchev–Trinajstić information content (AvgIpc) is 2.26. The minimum atomic E-state index is -0.519. The van der Waals surface area contributed by atoms with Gasteiger partial charge in [-0.1, -0.05) is 20.8 Å². The summed E-state index contributed by atoms with van der Waals surface area (Å²) in [4.78, 5) is 12.0. The van der Waals surface area contributed by atoms with E-state index in [1.807, 2.05) is 26.8 Å². The fourth-order valence-corrected chi connectivity index (χ4v) is 1.56. The van der Waals surface area contributed by atoms with Crippen LogP contribution in [0.25, 0.3) is 0 Å². The van der Waals surface area contributed by atoms with E-state index in [0.717, 1.165) is 11.3 Å². The molecule has 0 saturated heterocycles. The van der Waals surface area contributed by atoms with Gasteiger partial charge in [0.25, 0.3) is 0 Å². The van der Waals surface area contributed by atoms with Crippen molar-refractivity contribution < 1.29 is 14.3 Å². The molecule has 0 fully saturated rings. The molecule has 1 aromatic rings. The van der Waals surface area contributed by atoms with Crippen LogP contribution >= 0.6 is 0 Å². The fourth-order valence-electron chi connectivity index (χ4n) is 1.56. The number of hydrogen-bond donors (Lipinski definition) is 0. The Hall–Kier alpha value is -1.51. The Balaban J connectivity index is 3.18. The van der Waals surface area contributed by atoms with Gasteiger partial charge in [0, 0.05) is 5.56 Å². The lowest BCUT2D eigenvalue weighted by Gasteiger charge is -2.24. The third-order valence-electron chi connectivity index (χ3n) is 2.81. The van der Waals surface area contributed by atoms with Crippen molar-refractivity contribution >= 4 is 5.97 Å². The van der Waals surface area contributed by atoms with E-state index in [-0.39, 0.29) is 11.4 Å². The van der Waals surface area contributed by atoms with E-state index < -0.39 is 5.41 Å². The van der Waals surface area contributed by atoms with Gasteiger partial charge in [-0.25, -0.2) is 0 Å². The van der Waals surface area contributed by atoms with E-state index in [1.165, 1.54) is 0 Å². The number of carbonyl (C=O) groups excluding carboxylic acids is 1. The molecule has 0 aromatic heterocycles. The number of carbonyl (C=O) groups is 1. The highest BCUT2D eigenvalue weighted by Crippen LogP contribution is 2.35. The van der Waals surface area contributed by atoms with Crippen molar-refractivity contribution in [1.82, 2.24) is 0 Å². The first-order valence-electron chi connectivity index (χ1n) is 6.46. The molecule has 0 unspecified atom stereocenters. The molecule has 1 aromatic carbocycles. The maximum absolute atomic E-state index is 12.0. The quantitative estimate of drug-likeness (QED) is 0.599. The largest absolute Gasteiger partial charge is 0.497 e. The number of ether oxygens (including phenoxy) is 2. The zero-order chi connectivity index (χ0) is 14.8. The highest BCUT2D eigenvalue weighted by molar-refractivity contribution is 5.78. The van der Waals surface area contributed by atoms with E-state index >= 15 is 0 Å². The zero-order valence-electron chi connectivity index (χ0n) is 13.0. The molecule has 0 aliphatic carbocycles. The molecular formula is C16H24O3. The normalized spacial score (nSPS) is 12.2. The van der Waals surface area contributed by atoms with Crippen molar-refractivity contribution in [2.24, 2.45) is 5.41 Å². The van der Waals surface area contributed by atoms with Crippen LogP contribution in [-0.2, 0) is 10.2 Å². The number of methoxy groups -OCH3 is 1. The first kappa shape index (κ1) is 15.5.